The Balaban J connectivity index is 1.61. The molecule has 1 N–H and O–H groups in total. The summed E-state index contributed by atoms with van der Waals surface area (Å²) in [5.41, 5.74) is 2.88. The van der Waals surface area contributed by atoms with Crippen LogP contribution in [0.1, 0.15) is 16.1 Å². The molecule has 0 radical (unpaired) electrons. The lowest BCUT2D eigenvalue weighted by Gasteiger charge is -2.18. The van der Waals surface area contributed by atoms with Gasteiger partial charge in [-0.25, -0.2) is 4.99 Å². The first-order valence-electron chi connectivity index (χ1n) is 10.6. The number of H-pyrrole nitrogens is 1. The molecule has 0 unspecified atom stereocenters. The van der Waals surface area contributed by atoms with Crippen molar-refractivity contribution in [2.75, 3.05) is 29.6 Å². The quantitative estimate of drug-likeness (QED) is 0.349. The van der Waals surface area contributed by atoms with Gasteiger partial charge in [0.15, 0.2) is 11.0 Å². The van der Waals surface area contributed by atoms with Crippen molar-refractivity contribution in [1.29, 1.82) is 0 Å². The zero-order valence-corrected chi connectivity index (χ0v) is 19.8. The molecular weight excluding hydrogens is 474 g/mol. The summed E-state index contributed by atoms with van der Waals surface area (Å²) in [5.74, 6) is -0.507. The maximum absolute atomic E-state index is 13.3. The minimum Gasteiger partial charge on any atom is -0.435 e. The van der Waals surface area contributed by atoms with Gasteiger partial charge >= 0.3 is 6.61 Å². The minimum absolute atomic E-state index is 0.0276. The molecule has 0 aliphatic carbocycles. The maximum atomic E-state index is 13.3. The Labute approximate surface area is 205 Å². The van der Waals surface area contributed by atoms with Crippen LogP contribution in [0.15, 0.2) is 77.5 Å². The molecule has 0 spiro atoms. The van der Waals surface area contributed by atoms with E-state index in [1.165, 1.54) is 29.2 Å². The predicted molar refractivity (Wildman–Crippen MR) is 134 cm³/mol. The number of anilines is 2. The number of nitrogens with one attached hydrogen (secondary N) is 1. The van der Waals surface area contributed by atoms with Crippen molar-refractivity contribution in [3.63, 3.8) is 0 Å². The summed E-state index contributed by atoms with van der Waals surface area (Å²) in [6, 6.07) is 16.7. The summed E-state index contributed by atoms with van der Waals surface area (Å²) in [6.45, 7) is -2.95. The van der Waals surface area contributed by atoms with Crippen molar-refractivity contribution >= 4 is 46.1 Å². The SMILES string of the molecule is CN(C)c1ccc(/C=C2/N=C(SCC(=O)c3ccc[nH]3)N(c3ccc(OC(F)F)cc3)C2=O)cc1. The molecular formula is C25H22F2N4O3S. The maximum Gasteiger partial charge on any atom is 0.387 e. The fourth-order valence-corrected chi connectivity index (χ4v) is 4.23. The third kappa shape index (κ3) is 5.78. The van der Waals surface area contributed by atoms with Gasteiger partial charge in [-0.1, -0.05) is 23.9 Å². The summed E-state index contributed by atoms with van der Waals surface area (Å²) < 4.78 is 29.4. The lowest BCUT2D eigenvalue weighted by molar-refractivity contribution is -0.113. The van der Waals surface area contributed by atoms with Gasteiger partial charge in [-0.2, -0.15) is 8.78 Å². The highest BCUT2D eigenvalue weighted by Gasteiger charge is 2.32. The molecule has 1 aliphatic heterocycles. The molecule has 180 valence electrons. The molecule has 0 atom stereocenters. The standard InChI is InChI=1S/C25H22F2N4O3S/c1-30(2)17-7-5-16(6-8-17)14-21-23(33)31(18-9-11-19(12-10-18)34-24(26)27)25(29-21)35-15-22(32)20-4-3-13-28-20/h3-14,24,28H,15H2,1-2H3/b21-14+. The number of amides is 1. The van der Waals surface area contributed by atoms with E-state index in [-0.39, 0.29) is 28.9 Å². The zero-order chi connectivity index (χ0) is 24.9. The van der Waals surface area contributed by atoms with Crippen molar-refractivity contribution in [2.45, 2.75) is 6.61 Å². The van der Waals surface area contributed by atoms with E-state index < -0.39 is 6.61 Å². The molecule has 2 aromatic carbocycles. The molecule has 35 heavy (non-hydrogen) atoms. The second-order valence-corrected chi connectivity index (χ2v) is 8.66. The summed E-state index contributed by atoms with van der Waals surface area (Å²) in [4.78, 5) is 36.5. The van der Waals surface area contributed by atoms with E-state index in [9.17, 15) is 18.4 Å². The third-order valence-corrected chi connectivity index (χ3v) is 6.03. The number of alkyl halides is 2. The monoisotopic (exact) mass is 496 g/mol. The van der Waals surface area contributed by atoms with Gasteiger partial charge in [0.25, 0.3) is 5.91 Å². The number of aliphatic imine (C=N–C) groups is 1. The highest BCUT2D eigenvalue weighted by Crippen LogP contribution is 2.31. The number of ketones is 1. The highest BCUT2D eigenvalue weighted by atomic mass is 32.2. The van der Waals surface area contributed by atoms with Crippen LogP contribution >= 0.6 is 11.8 Å². The Morgan fingerprint density at radius 3 is 2.46 bits per heavy atom. The average Bonchev–Trinajstić information content (AvgIpc) is 3.47. The van der Waals surface area contributed by atoms with Crippen LogP contribution in [0.4, 0.5) is 20.2 Å². The van der Waals surface area contributed by atoms with Crippen LogP contribution < -0.4 is 14.5 Å². The first-order chi connectivity index (χ1) is 16.8. The highest BCUT2D eigenvalue weighted by molar-refractivity contribution is 8.14. The number of Topliss-reactive ketones (excluding diaryl/α,β-unsaturated/α-hetero) is 1. The molecule has 0 saturated carbocycles. The number of hydrogen-bond acceptors (Lipinski definition) is 6. The van der Waals surface area contributed by atoms with E-state index in [0.717, 1.165) is 23.0 Å². The van der Waals surface area contributed by atoms with Crippen LogP contribution in [0.2, 0.25) is 0 Å². The number of hydrogen-bond donors (Lipinski definition) is 1. The molecule has 1 amide bonds. The van der Waals surface area contributed by atoms with Gasteiger partial charge < -0.3 is 14.6 Å². The number of aromatic amines is 1. The molecule has 10 heteroatoms. The predicted octanol–water partition coefficient (Wildman–Crippen LogP) is 5.04. The number of thioether (sulfide) groups is 1. The number of halogens is 2. The van der Waals surface area contributed by atoms with Crippen molar-refractivity contribution < 1.29 is 23.1 Å². The number of amidine groups is 1. The smallest absolute Gasteiger partial charge is 0.387 e. The van der Waals surface area contributed by atoms with E-state index >= 15 is 0 Å². The normalized spacial score (nSPS) is 14.5. The van der Waals surface area contributed by atoms with Gasteiger partial charge in [0, 0.05) is 26.0 Å². The van der Waals surface area contributed by atoms with Crippen molar-refractivity contribution in [3.8, 4) is 5.75 Å². The fraction of sp³-hybridized carbons (Fsp3) is 0.160. The van der Waals surface area contributed by atoms with Gasteiger partial charge in [-0.05, 0) is 60.2 Å². The molecule has 1 aromatic heterocycles. The van der Waals surface area contributed by atoms with Gasteiger partial charge in [-0.15, -0.1) is 0 Å². The second kappa shape index (κ2) is 10.6. The number of nitrogens with zero attached hydrogens (tertiary/aromatic N) is 3. The van der Waals surface area contributed by atoms with Gasteiger partial charge in [0.1, 0.15) is 11.4 Å². The van der Waals surface area contributed by atoms with Gasteiger partial charge in [0.05, 0.1) is 17.1 Å². The number of aromatic nitrogens is 1. The van der Waals surface area contributed by atoms with Crippen molar-refractivity contribution in [2.24, 2.45) is 4.99 Å². The summed E-state index contributed by atoms with van der Waals surface area (Å²) in [7, 11) is 3.87. The van der Waals surface area contributed by atoms with E-state index in [2.05, 4.69) is 14.7 Å². The Kier molecular flexibility index (Phi) is 7.31. The molecule has 7 nitrogen and oxygen atoms in total. The molecule has 3 aromatic rings. The van der Waals surface area contributed by atoms with Crippen LogP contribution in [0.5, 0.6) is 5.75 Å². The van der Waals surface area contributed by atoms with Crippen LogP contribution in [0, 0.1) is 0 Å². The van der Waals surface area contributed by atoms with Crippen LogP contribution in [0.25, 0.3) is 6.08 Å². The second-order valence-electron chi connectivity index (χ2n) is 7.72. The topological polar surface area (TPSA) is 78.0 Å². The van der Waals surface area contributed by atoms with Crippen molar-refractivity contribution in [1.82, 2.24) is 4.98 Å². The van der Waals surface area contributed by atoms with Crippen LogP contribution in [-0.4, -0.2) is 48.3 Å². The third-order valence-electron chi connectivity index (χ3n) is 5.09. The van der Waals surface area contributed by atoms with E-state index in [0.29, 0.717) is 16.5 Å². The lowest BCUT2D eigenvalue weighted by atomic mass is 10.1. The number of carbonyl (C=O) groups excluding carboxylic acids is 2. The van der Waals surface area contributed by atoms with Crippen molar-refractivity contribution in [3.05, 3.63) is 83.8 Å². The van der Waals surface area contributed by atoms with Gasteiger partial charge in [-0.3, -0.25) is 14.5 Å². The number of carbonyl (C=O) groups is 2. The first kappa shape index (κ1) is 24.2. The number of rotatable bonds is 8. The summed E-state index contributed by atoms with van der Waals surface area (Å²) in [6.07, 6.45) is 3.33. The molecule has 0 saturated heterocycles. The number of benzene rings is 2. The zero-order valence-electron chi connectivity index (χ0n) is 18.9. The average molecular weight is 497 g/mol. The molecule has 1 aliphatic rings. The Morgan fingerprint density at radius 2 is 1.86 bits per heavy atom. The lowest BCUT2D eigenvalue weighted by Crippen LogP contribution is -2.30. The molecule has 0 bridgehead atoms. The largest absolute Gasteiger partial charge is 0.435 e. The summed E-state index contributed by atoms with van der Waals surface area (Å²) in [5, 5.41) is 0.314. The summed E-state index contributed by atoms with van der Waals surface area (Å²) >= 11 is 1.12. The van der Waals surface area contributed by atoms with Crippen LogP contribution in [0.3, 0.4) is 0 Å². The molecule has 4 rings (SSSR count). The number of ether oxygens (including phenoxy) is 1. The minimum atomic E-state index is -2.95. The van der Waals surface area contributed by atoms with E-state index in [4.69, 9.17) is 0 Å². The first-order valence-corrected chi connectivity index (χ1v) is 11.6. The Hall–Kier alpha value is -3.92. The van der Waals surface area contributed by atoms with E-state index in [1.807, 2.05) is 43.3 Å². The fourth-order valence-electron chi connectivity index (χ4n) is 3.34. The Morgan fingerprint density at radius 1 is 1.14 bits per heavy atom. The Bertz CT molecular complexity index is 1250. The molecule has 0 fully saturated rings. The van der Waals surface area contributed by atoms with Gasteiger partial charge in [0.2, 0.25) is 0 Å². The van der Waals surface area contributed by atoms with Crippen LogP contribution in [-0.2, 0) is 4.79 Å². The molecule has 2 heterocycles. The van der Waals surface area contributed by atoms with E-state index in [1.54, 1.807) is 24.4 Å².